The fourth-order valence-corrected chi connectivity index (χ4v) is 1.31. The number of carbonyl (C=O) groups is 2. The minimum Gasteiger partial charge on any atom is -0.569 e. The third-order valence-corrected chi connectivity index (χ3v) is 2.25. The van der Waals surface area contributed by atoms with Crippen molar-refractivity contribution in [1.82, 2.24) is 5.01 Å². The number of rotatable bonds is 8. The molecular weight excluding hydrogens is 258 g/mol. The minimum absolute atomic E-state index is 0.00142. The highest BCUT2D eigenvalue weighted by molar-refractivity contribution is 5.73. The van der Waals surface area contributed by atoms with Gasteiger partial charge in [-0.25, -0.2) is 4.79 Å². The van der Waals surface area contributed by atoms with Crippen molar-refractivity contribution in [2.75, 3.05) is 13.8 Å². The van der Waals surface area contributed by atoms with Gasteiger partial charge >= 0.3 is 11.9 Å². The van der Waals surface area contributed by atoms with Crippen LogP contribution in [-0.4, -0.2) is 46.9 Å². The van der Waals surface area contributed by atoms with E-state index in [2.05, 4.69) is 14.9 Å². The maximum absolute atomic E-state index is 11.5. The molecule has 0 heterocycles. The Kier molecular flexibility index (Phi) is 7.23. The van der Waals surface area contributed by atoms with Crippen LogP contribution in [0.2, 0.25) is 0 Å². The van der Waals surface area contributed by atoms with Gasteiger partial charge in [-0.2, -0.15) is 0 Å². The lowest BCUT2D eigenvalue weighted by atomic mass is 10.1. The predicted molar refractivity (Wildman–Crippen MR) is 62.4 cm³/mol. The number of ether oxygens (including phenoxy) is 1. The maximum atomic E-state index is 11.5. The highest BCUT2D eigenvalue weighted by atomic mass is 16.8. The Hall–Kier alpha value is -2.06. The largest absolute Gasteiger partial charge is 0.569 e. The molecule has 0 aliphatic rings. The van der Waals surface area contributed by atoms with E-state index >= 15 is 0 Å². The van der Waals surface area contributed by atoms with Gasteiger partial charge in [0.25, 0.3) is 6.79 Å². The van der Waals surface area contributed by atoms with E-state index in [0.717, 1.165) is 5.01 Å². The number of hydrogen-bond donors (Lipinski definition) is 1. The molecule has 0 aliphatic heterocycles. The fourth-order valence-electron chi connectivity index (χ4n) is 1.31. The number of carboxylic acids is 1. The Morgan fingerprint density at radius 2 is 2.05 bits per heavy atom. The molecule has 1 atom stereocenters. The fraction of sp³-hybridized carbons (Fsp3) is 0.800. The summed E-state index contributed by atoms with van der Waals surface area (Å²) in [6.45, 7) is 4.42. The second-order valence-corrected chi connectivity index (χ2v) is 4.05. The molecule has 0 saturated heterocycles. The maximum Gasteiger partial charge on any atom is 0.332 e. The molecule has 0 bridgehead atoms. The monoisotopic (exact) mass is 277 g/mol. The summed E-state index contributed by atoms with van der Waals surface area (Å²) in [5.41, 5.74) is 0. The average Bonchev–Trinajstić information content (AvgIpc) is 2.32. The van der Waals surface area contributed by atoms with Crippen LogP contribution in [0, 0.1) is 11.1 Å². The Labute approximate surface area is 110 Å². The first-order chi connectivity index (χ1) is 8.81. The number of carboxylic acid groups (broad SMARTS) is 1. The van der Waals surface area contributed by atoms with Crippen LogP contribution in [0.3, 0.4) is 0 Å². The Bertz CT molecular complexity index is 344. The normalized spacial score (nSPS) is 13.0. The van der Waals surface area contributed by atoms with Gasteiger partial charge in [-0.15, -0.1) is 5.01 Å². The highest BCUT2D eigenvalue weighted by Crippen LogP contribution is 2.09. The summed E-state index contributed by atoms with van der Waals surface area (Å²) in [5, 5.41) is 24.4. The van der Waals surface area contributed by atoms with E-state index in [0.29, 0.717) is 0 Å². The number of esters is 1. The summed E-state index contributed by atoms with van der Waals surface area (Å²) in [4.78, 5) is 26.2. The van der Waals surface area contributed by atoms with Crippen LogP contribution < -0.4 is 0 Å². The highest BCUT2D eigenvalue weighted by Gasteiger charge is 2.31. The minimum atomic E-state index is -1.15. The van der Waals surface area contributed by atoms with Gasteiger partial charge in [-0.05, 0) is 5.92 Å². The van der Waals surface area contributed by atoms with Crippen molar-refractivity contribution in [3.8, 4) is 0 Å². The van der Waals surface area contributed by atoms with Gasteiger partial charge in [0.15, 0.2) is 6.04 Å². The first-order valence-electron chi connectivity index (χ1n) is 5.72. The Morgan fingerprint density at radius 3 is 2.47 bits per heavy atom. The second kappa shape index (κ2) is 8.11. The molecule has 0 aromatic carbocycles. The lowest BCUT2D eigenvalue weighted by Crippen LogP contribution is -2.45. The molecule has 9 nitrogen and oxygen atoms in total. The first-order valence-corrected chi connectivity index (χ1v) is 5.72. The van der Waals surface area contributed by atoms with Crippen molar-refractivity contribution in [1.29, 1.82) is 0 Å². The SMILES string of the molecule is CCC(=O)OCO/N=[N+](\[O-])N(C)[C@H](C(=O)O)C(C)C. The van der Waals surface area contributed by atoms with Crippen LogP contribution in [0.25, 0.3) is 0 Å². The van der Waals surface area contributed by atoms with Crippen LogP contribution >= 0.6 is 0 Å². The zero-order chi connectivity index (χ0) is 15.0. The van der Waals surface area contributed by atoms with E-state index in [1.807, 2.05) is 0 Å². The predicted octanol–water partition coefficient (Wildman–Crippen LogP) is 0.747. The third-order valence-electron chi connectivity index (χ3n) is 2.25. The van der Waals surface area contributed by atoms with Gasteiger partial charge in [0, 0.05) is 6.42 Å². The van der Waals surface area contributed by atoms with E-state index in [1.54, 1.807) is 20.8 Å². The zero-order valence-corrected chi connectivity index (χ0v) is 11.4. The van der Waals surface area contributed by atoms with Gasteiger partial charge in [0.05, 0.1) is 12.0 Å². The average molecular weight is 277 g/mol. The molecule has 0 radical (unpaired) electrons. The molecule has 0 amide bonds. The van der Waals surface area contributed by atoms with Crippen molar-refractivity contribution in [3.63, 3.8) is 0 Å². The van der Waals surface area contributed by atoms with Gasteiger partial charge in [-0.3, -0.25) is 4.79 Å². The standard InChI is InChI=1S/C10H19N3O6/c1-5-8(14)18-6-19-11-13(17)12(4)9(7(2)3)10(15)16/h7,9H,5-6H2,1-4H3,(H,15,16)/b13-11-/t9-/m0/s1. The quantitative estimate of drug-likeness (QED) is 0.174. The van der Waals surface area contributed by atoms with Gasteiger partial charge in [-0.1, -0.05) is 20.8 Å². The third kappa shape index (κ3) is 5.89. The summed E-state index contributed by atoms with van der Waals surface area (Å²) >= 11 is 0. The zero-order valence-electron chi connectivity index (χ0n) is 11.4. The van der Waals surface area contributed by atoms with Crippen molar-refractivity contribution < 1.29 is 29.2 Å². The van der Waals surface area contributed by atoms with Crippen LogP contribution in [0.5, 0.6) is 0 Å². The summed E-state index contributed by atoms with van der Waals surface area (Å²) in [6.07, 6.45) is 0.179. The number of likely N-dealkylation sites (N-methyl/N-ethyl adjacent to an activating group) is 1. The molecule has 9 heteroatoms. The molecule has 0 spiro atoms. The van der Waals surface area contributed by atoms with Gasteiger partial charge < -0.3 is 19.9 Å². The molecule has 0 fully saturated rings. The van der Waals surface area contributed by atoms with E-state index < -0.39 is 24.8 Å². The molecule has 0 aliphatic carbocycles. The molecule has 0 aromatic heterocycles. The first kappa shape index (κ1) is 16.9. The lowest BCUT2D eigenvalue weighted by Gasteiger charge is -2.22. The smallest absolute Gasteiger partial charge is 0.332 e. The summed E-state index contributed by atoms with van der Waals surface area (Å²) < 4.78 is 4.52. The van der Waals surface area contributed by atoms with E-state index in [-0.39, 0.29) is 17.3 Å². The topological polar surface area (TPSA) is 114 Å². The van der Waals surface area contributed by atoms with Crippen molar-refractivity contribution >= 4 is 11.9 Å². The van der Waals surface area contributed by atoms with E-state index in [1.165, 1.54) is 7.05 Å². The van der Waals surface area contributed by atoms with Gasteiger partial charge in [0.1, 0.15) is 0 Å². The summed E-state index contributed by atoms with van der Waals surface area (Å²) in [5.74, 6) is -1.94. The molecule has 0 aromatic rings. The molecule has 0 saturated carbocycles. The molecule has 110 valence electrons. The molecule has 0 rings (SSSR count). The van der Waals surface area contributed by atoms with Crippen LogP contribution in [0.1, 0.15) is 27.2 Å². The van der Waals surface area contributed by atoms with E-state index in [4.69, 9.17) is 5.11 Å². The van der Waals surface area contributed by atoms with E-state index in [9.17, 15) is 14.8 Å². The summed E-state index contributed by atoms with van der Waals surface area (Å²) in [6, 6.07) is -1.04. The molecule has 0 unspecified atom stereocenters. The van der Waals surface area contributed by atoms with Crippen LogP contribution in [0.4, 0.5) is 0 Å². The summed E-state index contributed by atoms with van der Waals surface area (Å²) in [7, 11) is 1.27. The number of aliphatic carboxylic acids is 1. The number of nitrogens with zero attached hydrogens (tertiary/aromatic N) is 3. The Morgan fingerprint density at radius 1 is 1.47 bits per heavy atom. The van der Waals surface area contributed by atoms with Crippen molar-refractivity contribution in [3.05, 3.63) is 5.21 Å². The lowest BCUT2D eigenvalue weighted by molar-refractivity contribution is -0.712. The second-order valence-electron chi connectivity index (χ2n) is 4.05. The molecular formula is C10H19N3O6. The van der Waals surface area contributed by atoms with Gasteiger partial charge in [0.2, 0.25) is 5.28 Å². The van der Waals surface area contributed by atoms with Crippen LogP contribution in [0.15, 0.2) is 5.28 Å². The van der Waals surface area contributed by atoms with Crippen molar-refractivity contribution in [2.24, 2.45) is 11.2 Å². The Balaban J connectivity index is 4.41. The number of hydrogen-bond acceptors (Lipinski definition) is 6. The molecule has 1 N–H and O–H groups in total. The van der Waals surface area contributed by atoms with Crippen molar-refractivity contribution in [2.45, 2.75) is 33.2 Å². The molecule has 19 heavy (non-hydrogen) atoms. The van der Waals surface area contributed by atoms with Crippen LogP contribution in [-0.2, 0) is 19.2 Å². The number of hydrazine groups is 1. The number of carbonyl (C=O) groups excluding carboxylic acids is 1.